The van der Waals surface area contributed by atoms with Crippen LogP contribution in [0.25, 0.3) is 0 Å². The van der Waals surface area contributed by atoms with E-state index in [1.165, 1.54) is 6.92 Å². The summed E-state index contributed by atoms with van der Waals surface area (Å²) < 4.78 is 5.34. The maximum Gasteiger partial charge on any atom is 0.251 e. The minimum absolute atomic E-state index is 0.0233. The maximum absolute atomic E-state index is 11.2. The third-order valence-electron chi connectivity index (χ3n) is 2.59. The zero-order valence-corrected chi connectivity index (χ0v) is 7.12. The molecule has 2 aliphatic heterocycles. The Balaban J connectivity index is 1.84. The van der Waals surface area contributed by atoms with E-state index in [2.05, 4.69) is 0 Å². The van der Waals surface area contributed by atoms with Crippen molar-refractivity contribution < 1.29 is 14.6 Å². The van der Waals surface area contributed by atoms with Crippen molar-refractivity contribution in [2.24, 2.45) is 0 Å². The molecular formula is C8H13NO3. The van der Waals surface area contributed by atoms with Gasteiger partial charge in [0.2, 0.25) is 0 Å². The molecule has 4 nitrogen and oxygen atoms in total. The number of nitrogens with zero attached hydrogens (tertiary/aromatic N) is 1. The van der Waals surface area contributed by atoms with E-state index in [1.54, 1.807) is 4.90 Å². The second kappa shape index (κ2) is 2.44. The Morgan fingerprint density at radius 1 is 1.67 bits per heavy atom. The molecule has 68 valence electrons. The lowest BCUT2D eigenvalue weighted by molar-refractivity contribution is -0.224. The van der Waals surface area contributed by atoms with Crippen molar-refractivity contribution in [1.82, 2.24) is 4.90 Å². The molecule has 0 aromatic carbocycles. The number of aliphatic hydroxyl groups is 1. The van der Waals surface area contributed by atoms with Crippen LogP contribution in [0, 0.1) is 0 Å². The summed E-state index contributed by atoms with van der Waals surface area (Å²) in [6.07, 6.45) is 0.179. The maximum atomic E-state index is 11.2. The molecule has 0 aromatic heterocycles. The number of carbonyl (C=O) groups excluding carboxylic acids is 1. The van der Waals surface area contributed by atoms with Crippen molar-refractivity contribution in [2.75, 3.05) is 19.7 Å². The highest BCUT2D eigenvalue weighted by Gasteiger charge is 2.51. The van der Waals surface area contributed by atoms with Crippen LogP contribution in [0.4, 0.5) is 0 Å². The lowest BCUT2D eigenvalue weighted by Gasteiger charge is -2.55. The molecule has 2 heterocycles. The van der Waals surface area contributed by atoms with Crippen molar-refractivity contribution in [3.05, 3.63) is 0 Å². The molecule has 1 N–H and O–H groups in total. The van der Waals surface area contributed by atoms with E-state index in [9.17, 15) is 4.79 Å². The molecule has 12 heavy (non-hydrogen) atoms. The van der Waals surface area contributed by atoms with Crippen LogP contribution in [0.3, 0.4) is 0 Å². The molecule has 0 aromatic rings. The Kier molecular flexibility index (Phi) is 1.63. The van der Waals surface area contributed by atoms with Gasteiger partial charge in [0.1, 0.15) is 11.7 Å². The Hall–Kier alpha value is -0.610. The summed E-state index contributed by atoms with van der Waals surface area (Å²) in [7, 11) is 0. The lowest BCUT2D eigenvalue weighted by Crippen LogP contribution is -2.70. The van der Waals surface area contributed by atoms with Crippen molar-refractivity contribution in [3.8, 4) is 0 Å². The number of rotatable bonds is 1. The zero-order chi connectivity index (χ0) is 8.77. The number of ether oxygens (including phenoxy) is 1. The van der Waals surface area contributed by atoms with Gasteiger partial charge in [-0.3, -0.25) is 4.79 Å². The molecule has 0 saturated carbocycles. The predicted octanol–water partition coefficient (Wildman–Crippen LogP) is -0.632. The summed E-state index contributed by atoms with van der Waals surface area (Å²) in [5, 5.41) is 8.99. The molecule has 0 bridgehead atoms. The zero-order valence-electron chi connectivity index (χ0n) is 7.12. The lowest BCUT2D eigenvalue weighted by atomic mass is 9.86. The van der Waals surface area contributed by atoms with Crippen LogP contribution in [-0.2, 0) is 9.53 Å². The van der Waals surface area contributed by atoms with Gasteiger partial charge in [0.15, 0.2) is 0 Å². The summed E-state index contributed by atoms with van der Waals surface area (Å²) in [6, 6.07) is 0. The monoisotopic (exact) mass is 171 g/mol. The van der Waals surface area contributed by atoms with Crippen LogP contribution in [0.1, 0.15) is 13.3 Å². The van der Waals surface area contributed by atoms with Crippen LogP contribution >= 0.6 is 0 Å². The Labute approximate surface area is 71.1 Å². The van der Waals surface area contributed by atoms with Gasteiger partial charge in [0.05, 0.1) is 19.7 Å². The van der Waals surface area contributed by atoms with Gasteiger partial charge < -0.3 is 14.7 Å². The van der Waals surface area contributed by atoms with Crippen LogP contribution in [0.2, 0.25) is 0 Å². The first kappa shape index (κ1) is 8.01. The summed E-state index contributed by atoms with van der Waals surface area (Å²) in [6.45, 7) is 3.64. The quantitative estimate of drug-likeness (QED) is 0.571. The molecule has 1 atom stereocenters. The Morgan fingerprint density at radius 3 is 2.58 bits per heavy atom. The number of aliphatic hydroxyl groups excluding tert-OH is 1. The second-order valence-electron chi connectivity index (χ2n) is 3.65. The van der Waals surface area contributed by atoms with E-state index in [-0.39, 0.29) is 11.5 Å². The van der Waals surface area contributed by atoms with Gasteiger partial charge >= 0.3 is 0 Å². The average molecular weight is 171 g/mol. The molecule has 2 fully saturated rings. The van der Waals surface area contributed by atoms with E-state index in [0.29, 0.717) is 13.1 Å². The third kappa shape index (κ3) is 1.03. The van der Waals surface area contributed by atoms with Crippen LogP contribution in [0.5, 0.6) is 0 Å². The fourth-order valence-electron chi connectivity index (χ4n) is 1.71. The molecule has 2 rings (SSSR count). The van der Waals surface area contributed by atoms with Gasteiger partial charge in [0.25, 0.3) is 5.91 Å². The molecule has 2 saturated heterocycles. The molecule has 0 aliphatic carbocycles. The Bertz CT molecular complexity index is 202. The summed E-state index contributed by atoms with van der Waals surface area (Å²) in [4.78, 5) is 12.8. The molecular weight excluding hydrogens is 158 g/mol. The van der Waals surface area contributed by atoms with Gasteiger partial charge in [0, 0.05) is 6.42 Å². The van der Waals surface area contributed by atoms with E-state index >= 15 is 0 Å². The first-order valence-electron chi connectivity index (χ1n) is 4.24. The van der Waals surface area contributed by atoms with Crippen LogP contribution < -0.4 is 0 Å². The Morgan fingerprint density at radius 2 is 2.25 bits per heavy atom. The number of carbonyl (C=O) groups is 1. The van der Waals surface area contributed by atoms with Crippen molar-refractivity contribution in [1.29, 1.82) is 0 Å². The normalized spacial score (nSPS) is 27.7. The molecule has 1 unspecified atom stereocenters. The average Bonchev–Trinajstić information content (AvgIpc) is 1.80. The van der Waals surface area contributed by atoms with E-state index < -0.39 is 6.10 Å². The highest BCUT2D eigenvalue weighted by atomic mass is 16.5. The van der Waals surface area contributed by atoms with Crippen molar-refractivity contribution in [3.63, 3.8) is 0 Å². The number of hydrogen-bond donors (Lipinski definition) is 1. The fourth-order valence-corrected chi connectivity index (χ4v) is 1.71. The number of amides is 1. The minimum Gasteiger partial charge on any atom is -0.384 e. The van der Waals surface area contributed by atoms with Gasteiger partial charge in [-0.1, -0.05) is 0 Å². The van der Waals surface area contributed by atoms with Crippen molar-refractivity contribution >= 4 is 5.91 Å². The molecule has 4 heteroatoms. The van der Waals surface area contributed by atoms with E-state index in [1.807, 2.05) is 0 Å². The second-order valence-corrected chi connectivity index (χ2v) is 3.65. The largest absolute Gasteiger partial charge is 0.384 e. The first-order chi connectivity index (χ1) is 5.63. The van der Waals surface area contributed by atoms with Crippen molar-refractivity contribution in [2.45, 2.75) is 25.0 Å². The molecule has 2 aliphatic rings. The number of hydrogen-bond acceptors (Lipinski definition) is 3. The first-order valence-corrected chi connectivity index (χ1v) is 4.24. The number of likely N-dealkylation sites (tertiary alicyclic amines) is 1. The minimum atomic E-state index is -0.873. The SMILES string of the molecule is CC(O)C(=O)N1CC2(CCO2)C1. The highest BCUT2D eigenvalue weighted by Crippen LogP contribution is 2.35. The fraction of sp³-hybridized carbons (Fsp3) is 0.875. The molecule has 1 amide bonds. The van der Waals surface area contributed by atoms with Crippen LogP contribution in [0.15, 0.2) is 0 Å². The predicted molar refractivity (Wildman–Crippen MR) is 41.6 cm³/mol. The smallest absolute Gasteiger partial charge is 0.251 e. The summed E-state index contributed by atoms with van der Waals surface area (Å²) in [5.41, 5.74) is -0.0233. The van der Waals surface area contributed by atoms with E-state index in [0.717, 1.165) is 13.0 Å². The summed E-state index contributed by atoms with van der Waals surface area (Å²) >= 11 is 0. The van der Waals surface area contributed by atoms with Gasteiger partial charge in [-0.15, -0.1) is 0 Å². The standard InChI is InChI=1S/C8H13NO3/c1-6(10)7(11)9-4-8(5-9)2-3-12-8/h6,10H,2-5H2,1H3. The van der Waals surface area contributed by atoms with Gasteiger partial charge in [-0.05, 0) is 6.92 Å². The summed E-state index contributed by atoms with van der Waals surface area (Å²) in [5.74, 6) is -0.184. The topological polar surface area (TPSA) is 49.8 Å². The highest BCUT2D eigenvalue weighted by molar-refractivity contribution is 5.81. The molecule has 1 spiro atoms. The van der Waals surface area contributed by atoms with Gasteiger partial charge in [-0.25, -0.2) is 0 Å². The van der Waals surface area contributed by atoms with Gasteiger partial charge in [-0.2, -0.15) is 0 Å². The third-order valence-corrected chi connectivity index (χ3v) is 2.59. The molecule has 0 radical (unpaired) electrons. The van der Waals surface area contributed by atoms with E-state index in [4.69, 9.17) is 9.84 Å². The van der Waals surface area contributed by atoms with Crippen LogP contribution in [-0.4, -0.2) is 47.3 Å².